The Hall–Kier alpha value is -3.87. The summed E-state index contributed by atoms with van der Waals surface area (Å²) in [6.45, 7) is 0.722. The van der Waals surface area contributed by atoms with Gasteiger partial charge in [0.1, 0.15) is 18.2 Å². The number of anilines is 1. The molecule has 31 heavy (non-hydrogen) atoms. The second-order valence-electron chi connectivity index (χ2n) is 7.17. The standard InChI is InChI=1S/C24H21FN2O4/c25-20-8-6-17(7-9-20)13-27-14-19-12-21(10-11-22(19)30-16-23(27)28)26-24(29)31-15-18-4-2-1-3-5-18/h1-12H,13-16H2,(H,26,29). The number of fused-ring (bicyclic) bond motifs is 1. The fourth-order valence-electron chi connectivity index (χ4n) is 3.28. The van der Waals surface area contributed by atoms with E-state index in [1.807, 2.05) is 30.3 Å². The number of carbonyl (C=O) groups excluding carboxylic acids is 2. The number of rotatable bonds is 5. The van der Waals surface area contributed by atoms with Gasteiger partial charge in [0.15, 0.2) is 6.61 Å². The first-order chi connectivity index (χ1) is 15.1. The molecule has 0 unspecified atom stereocenters. The maximum absolute atomic E-state index is 13.2. The van der Waals surface area contributed by atoms with Crippen molar-refractivity contribution in [3.05, 3.63) is 95.3 Å². The van der Waals surface area contributed by atoms with E-state index in [0.29, 0.717) is 24.5 Å². The molecule has 3 aromatic carbocycles. The number of ether oxygens (including phenoxy) is 2. The molecule has 2 amide bonds. The van der Waals surface area contributed by atoms with Crippen molar-refractivity contribution >= 4 is 17.7 Å². The van der Waals surface area contributed by atoms with Crippen molar-refractivity contribution in [1.82, 2.24) is 4.90 Å². The summed E-state index contributed by atoms with van der Waals surface area (Å²) in [6, 6.07) is 20.6. The summed E-state index contributed by atoms with van der Waals surface area (Å²) in [5.74, 6) is 0.0879. The Kier molecular flexibility index (Phi) is 6.12. The number of benzene rings is 3. The number of carbonyl (C=O) groups is 2. The average molecular weight is 420 g/mol. The number of halogens is 1. The van der Waals surface area contributed by atoms with Gasteiger partial charge in [0.2, 0.25) is 0 Å². The highest BCUT2D eigenvalue weighted by Crippen LogP contribution is 2.27. The fraction of sp³-hybridized carbons (Fsp3) is 0.167. The second-order valence-corrected chi connectivity index (χ2v) is 7.17. The quantitative estimate of drug-likeness (QED) is 0.660. The zero-order valence-corrected chi connectivity index (χ0v) is 16.7. The van der Waals surface area contributed by atoms with Crippen LogP contribution in [0.25, 0.3) is 0 Å². The van der Waals surface area contributed by atoms with E-state index in [1.165, 1.54) is 12.1 Å². The van der Waals surface area contributed by atoms with Crippen LogP contribution in [0.3, 0.4) is 0 Å². The summed E-state index contributed by atoms with van der Waals surface area (Å²) in [6.07, 6.45) is -0.572. The third kappa shape index (κ3) is 5.39. The van der Waals surface area contributed by atoms with Crippen LogP contribution in [-0.2, 0) is 29.2 Å². The van der Waals surface area contributed by atoms with Crippen LogP contribution < -0.4 is 10.1 Å². The Morgan fingerprint density at radius 3 is 2.58 bits per heavy atom. The SMILES string of the molecule is O=C(Nc1ccc2c(c1)CN(Cc1ccc(F)cc1)C(=O)CO2)OCc1ccccc1. The molecule has 0 aliphatic carbocycles. The van der Waals surface area contributed by atoms with Gasteiger partial charge >= 0.3 is 6.09 Å². The van der Waals surface area contributed by atoms with Gasteiger partial charge in [0.05, 0.1) is 0 Å². The normalized spacial score (nSPS) is 13.1. The highest BCUT2D eigenvalue weighted by atomic mass is 19.1. The molecule has 3 aromatic rings. The van der Waals surface area contributed by atoms with Crippen molar-refractivity contribution < 1.29 is 23.5 Å². The van der Waals surface area contributed by atoms with Crippen LogP contribution in [0.1, 0.15) is 16.7 Å². The largest absolute Gasteiger partial charge is 0.483 e. The lowest BCUT2D eigenvalue weighted by Gasteiger charge is -2.20. The molecule has 6 nitrogen and oxygen atoms in total. The molecule has 0 saturated carbocycles. The maximum atomic E-state index is 13.2. The molecule has 1 aliphatic rings. The molecule has 0 aromatic heterocycles. The van der Waals surface area contributed by atoms with Gasteiger partial charge in [-0.15, -0.1) is 0 Å². The van der Waals surface area contributed by atoms with Gasteiger partial charge in [-0.2, -0.15) is 0 Å². The summed E-state index contributed by atoms with van der Waals surface area (Å²) in [5.41, 5.74) is 3.00. The molecule has 7 heteroatoms. The first kappa shape index (κ1) is 20.4. The third-order valence-corrected chi connectivity index (χ3v) is 4.87. The van der Waals surface area contributed by atoms with Gasteiger partial charge < -0.3 is 14.4 Å². The van der Waals surface area contributed by atoms with E-state index in [-0.39, 0.29) is 24.9 Å². The lowest BCUT2D eigenvalue weighted by molar-refractivity contribution is -0.133. The monoisotopic (exact) mass is 420 g/mol. The predicted molar refractivity (Wildman–Crippen MR) is 113 cm³/mol. The third-order valence-electron chi connectivity index (χ3n) is 4.87. The van der Waals surface area contributed by atoms with Crippen LogP contribution in [0.2, 0.25) is 0 Å². The van der Waals surface area contributed by atoms with E-state index >= 15 is 0 Å². The van der Waals surface area contributed by atoms with E-state index in [4.69, 9.17) is 9.47 Å². The molecule has 1 N–H and O–H groups in total. The van der Waals surface area contributed by atoms with Crippen LogP contribution in [0.5, 0.6) is 5.75 Å². The topological polar surface area (TPSA) is 67.9 Å². The van der Waals surface area contributed by atoms with E-state index < -0.39 is 6.09 Å². The van der Waals surface area contributed by atoms with E-state index in [1.54, 1.807) is 35.2 Å². The molecule has 0 bridgehead atoms. The number of amides is 2. The molecule has 1 aliphatic heterocycles. The zero-order chi connectivity index (χ0) is 21.6. The summed E-state index contributed by atoms with van der Waals surface area (Å²) in [4.78, 5) is 26.3. The summed E-state index contributed by atoms with van der Waals surface area (Å²) in [5, 5.41) is 2.70. The molecule has 0 atom stereocenters. The van der Waals surface area contributed by atoms with E-state index in [0.717, 1.165) is 16.7 Å². The van der Waals surface area contributed by atoms with E-state index in [2.05, 4.69) is 5.32 Å². The van der Waals surface area contributed by atoms with Crippen LogP contribution in [0.4, 0.5) is 14.9 Å². The van der Waals surface area contributed by atoms with Crippen molar-refractivity contribution in [3.63, 3.8) is 0 Å². The van der Waals surface area contributed by atoms with Crippen LogP contribution in [0, 0.1) is 5.82 Å². The minimum atomic E-state index is -0.572. The fourth-order valence-corrected chi connectivity index (χ4v) is 3.28. The van der Waals surface area contributed by atoms with Gasteiger partial charge in [-0.05, 0) is 41.5 Å². The van der Waals surface area contributed by atoms with Crippen LogP contribution >= 0.6 is 0 Å². The van der Waals surface area contributed by atoms with Crippen molar-refractivity contribution in [3.8, 4) is 5.75 Å². The molecule has 4 rings (SSSR count). The molecule has 0 fully saturated rings. The summed E-state index contributed by atoms with van der Waals surface area (Å²) < 4.78 is 24.0. The maximum Gasteiger partial charge on any atom is 0.411 e. The Morgan fingerprint density at radius 2 is 1.81 bits per heavy atom. The first-order valence-electron chi connectivity index (χ1n) is 9.82. The van der Waals surface area contributed by atoms with Crippen molar-refractivity contribution in [2.24, 2.45) is 0 Å². The van der Waals surface area contributed by atoms with Crippen molar-refractivity contribution in [1.29, 1.82) is 0 Å². The molecule has 158 valence electrons. The Labute approximate surface area is 179 Å². The Morgan fingerprint density at radius 1 is 1.03 bits per heavy atom. The molecular formula is C24H21FN2O4. The number of hydrogen-bond acceptors (Lipinski definition) is 4. The lowest BCUT2D eigenvalue weighted by Crippen LogP contribution is -2.31. The smallest absolute Gasteiger partial charge is 0.411 e. The molecule has 0 saturated heterocycles. The molecule has 0 radical (unpaired) electrons. The minimum Gasteiger partial charge on any atom is -0.483 e. The summed E-state index contributed by atoms with van der Waals surface area (Å²) in [7, 11) is 0. The van der Waals surface area contributed by atoms with Gasteiger partial charge in [0.25, 0.3) is 5.91 Å². The van der Waals surface area contributed by atoms with Crippen molar-refractivity contribution in [2.45, 2.75) is 19.7 Å². The Balaban J connectivity index is 1.42. The second kappa shape index (κ2) is 9.30. The minimum absolute atomic E-state index is 0.0832. The summed E-state index contributed by atoms with van der Waals surface area (Å²) >= 11 is 0. The van der Waals surface area contributed by atoms with E-state index in [9.17, 15) is 14.0 Å². The predicted octanol–water partition coefficient (Wildman–Crippen LogP) is 4.50. The number of hydrogen-bond donors (Lipinski definition) is 1. The van der Waals surface area contributed by atoms with Gasteiger partial charge in [-0.25, -0.2) is 9.18 Å². The Bertz CT molecular complexity index is 1070. The van der Waals surface area contributed by atoms with Crippen molar-refractivity contribution in [2.75, 3.05) is 11.9 Å². The van der Waals surface area contributed by atoms with Gasteiger partial charge in [-0.3, -0.25) is 10.1 Å². The number of nitrogens with one attached hydrogen (secondary N) is 1. The molecular weight excluding hydrogens is 399 g/mol. The van der Waals surface area contributed by atoms with Gasteiger partial charge in [-0.1, -0.05) is 42.5 Å². The van der Waals surface area contributed by atoms with Crippen LogP contribution in [0.15, 0.2) is 72.8 Å². The van der Waals surface area contributed by atoms with Crippen LogP contribution in [-0.4, -0.2) is 23.5 Å². The first-order valence-corrected chi connectivity index (χ1v) is 9.82. The average Bonchev–Trinajstić information content (AvgIpc) is 2.93. The highest BCUT2D eigenvalue weighted by molar-refractivity contribution is 5.85. The molecule has 1 heterocycles. The van der Waals surface area contributed by atoms with Gasteiger partial charge in [0, 0.05) is 24.3 Å². The molecule has 0 spiro atoms. The highest BCUT2D eigenvalue weighted by Gasteiger charge is 2.22. The zero-order valence-electron chi connectivity index (χ0n) is 16.7. The lowest BCUT2D eigenvalue weighted by atomic mass is 10.1. The number of nitrogens with zero attached hydrogens (tertiary/aromatic N) is 1.